The molecule has 1 aromatic rings. The van der Waals surface area contributed by atoms with Crippen molar-refractivity contribution in [1.29, 1.82) is 0 Å². The molecule has 0 N–H and O–H groups in total. The van der Waals surface area contributed by atoms with Crippen LogP contribution in [0, 0.1) is 5.92 Å². The first kappa shape index (κ1) is 13.1. The minimum absolute atomic E-state index is 0.0931. The van der Waals surface area contributed by atoms with Crippen LogP contribution in [0.5, 0.6) is 0 Å². The number of nitrogens with zero attached hydrogens (tertiary/aromatic N) is 1. The van der Waals surface area contributed by atoms with E-state index in [0.29, 0.717) is 6.54 Å². The van der Waals surface area contributed by atoms with Crippen molar-refractivity contribution in [1.82, 2.24) is 4.90 Å². The molecule has 1 unspecified atom stereocenters. The van der Waals surface area contributed by atoms with Gasteiger partial charge in [-0.25, -0.2) is 0 Å². The van der Waals surface area contributed by atoms with Crippen LogP contribution in [0.15, 0.2) is 30.3 Å². The van der Waals surface area contributed by atoms with Crippen molar-refractivity contribution in [2.24, 2.45) is 5.92 Å². The molecule has 1 aliphatic heterocycles. The van der Waals surface area contributed by atoms with Gasteiger partial charge in [-0.2, -0.15) is 13.2 Å². The number of Topliss-reactive ketones (excluding diaryl/α,β-unsaturated/α-hetero) is 1. The number of benzene rings is 1. The number of hydrogen-bond acceptors (Lipinski definition) is 2. The second kappa shape index (κ2) is 5.10. The second-order valence-corrected chi connectivity index (χ2v) is 4.64. The minimum Gasteiger partial charge on any atom is -0.298 e. The molecule has 1 atom stereocenters. The van der Waals surface area contributed by atoms with Crippen LogP contribution in [0.25, 0.3) is 0 Å². The maximum absolute atomic E-state index is 12.6. The van der Waals surface area contributed by atoms with Crippen LogP contribution in [-0.4, -0.2) is 29.9 Å². The van der Waals surface area contributed by atoms with Crippen LogP contribution in [0.1, 0.15) is 12.0 Å². The summed E-state index contributed by atoms with van der Waals surface area (Å²) in [6.07, 6.45) is -4.67. The SMILES string of the molecule is O=C1CC(C(F)(F)F)CN(Cc2ccccc2)C1. The summed E-state index contributed by atoms with van der Waals surface area (Å²) in [5, 5.41) is 0. The van der Waals surface area contributed by atoms with E-state index in [4.69, 9.17) is 0 Å². The summed E-state index contributed by atoms with van der Waals surface area (Å²) in [6, 6.07) is 9.22. The molecule has 98 valence electrons. The molecule has 0 radical (unpaired) electrons. The highest BCUT2D eigenvalue weighted by Gasteiger charge is 2.44. The summed E-state index contributed by atoms with van der Waals surface area (Å²) in [4.78, 5) is 12.9. The van der Waals surface area contributed by atoms with Crippen molar-refractivity contribution in [3.63, 3.8) is 0 Å². The van der Waals surface area contributed by atoms with Gasteiger partial charge in [-0.05, 0) is 5.56 Å². The molecule has 0 aliphatic carbocycles. The summed E-state index contributed by atoms with van der Waals surface area (Å²) < 4.78 is 37.9. The van der Waals surface area contributed by atoms with Crippen molar-refractivity contribution in [2.75, 3.05) is 13.1 Å². The van der Waals surface area contributed by atoms with Crippen molar-refractivity contribution in [2.45, 2.75) is 19.1 Å². The Morgan fingerprint density at radius 1 is 1.22 bits per heavy atom. The highest BCUT2D eigenvalue weighted by molar-refractivity contribution is 5.81. The third-order valence-electron chi connectivity index (χ3n) is 3.06. The predicted molar refractivity (Wildman–Crippen MR) is 60.9 cm³/mol. The highest BCUT2D eigenvalue weighted by Crippen LogP contribution is 2.32. The Balaban J connectivity index is 2.03. The molecule has 0 spiro atoms. The molecular weight excluding hydrogens is 243 g/mol. The first-order valence-electron chi connectivity index (χ1n) is 5.80. The van der Waals surface area contributed by atoms with Crippen LogP contribution in [-0.2, 0) is 11.3 Å². The largest absolute Gasteiger partial charge is 0.393 e. The summed E-state index contributed by atoms with van der Waals surface area (Å²) >= 11 is 0. The topological polar surface area (TPSA) is 20.3 Å². The number of piperidine rings is 1. The van der Waals surface area contributed by atoms with Gasteiger partial charge in [0, 0.05) is 19.5 Å². The van der Waals surface area contributed by atoms with E-state index < -0.39 is 12.1 Å². The number of ketones is 1. The third kappa shape index (κ3) is 3.32. The third-order valence-corrected chi connectivity index (χ3v) is 3.06. The Morgan fingerprint density at radius 2 is 1.89 bits per heavy atom. The first-order valence-corrected chi connectivity index (χ1v) is 5.80. The van der Waals surface area contributed by atoms with Gasteiger partial charge in [-0.3, -0.25) is 9.69 Å². The van der Waals surface area contributed by atoms with Crippen LogP contribution >= 0.6 is 0 Å². The molecule has 18 heavy (non-hydrogen) atoms. The Kier molecular flexibility index (Phi) is 3.71. The molecule has 2 nitrogen and oxygen atoms in total. The number of carbonyl (C=O) groups is 1. The van der Waals surface area contributed by atoms with Gasteiger partial charge in [0.2, 0.25) is 0 Å². The number of likely N-dealkylation sites (tertiary alicyclic amines) is 1. The molecular formula is C13H14F3NO. The van der Waals surface area contributed by atoms with E-state index in [9.17, 15) is 18.0 Å². The van der Waals surface area contributed by atoms with Gasteiger partial charge >= 0.3 is 6.18 Å². The predicted octanol–water partition coefficient (Wildman–Crippen LogP) is 2.64. The smallest absolute Gasteiger partial charge is 0.298 e. The average Bonchev–Trinajstić information content (AvgIpc) is 2.28. The van der Waals surface area contributed by atoms with E-state index in [1.165, 1.54) is 0 Å². The molecule has 0 bridgehead atoms. The maximum Gasteiger partial charge on any atom is 0.393 e. The molecule has 5 heteroatoms. The Hall–Kier alpha value is -1.36. The number of hydrogen-bond donors (Lipinski definition) is 0. The van der Waals surface area contributed by atoms with Crippen molar-refractivity contribution >= 4 is 5.78 Å². The lowest BCUT2D eigenvalue weighted by Gasteiger charge is -2.32. The molecule has 1 fully saturated rings. The fourth-order valence-corrected chi connectivity index (χ4v) is 2.21. The quantitative estimate of drug-likeness (QED) is 0.811. The van der Waals surface area contributed by atoms with E-state index in [-0.39, 0.29) is 25.3 Å². The zero-order valence-electron chi connectivity index (χ0n) is 9.78. The Bertz CT molecular complexity index is 416. The standard InChI is InChI=1S/C13H14F3NO/c14-13(15,16)11-6-12(18)9-17(8-11)7-10-4-2-1-3-5-10/h1-5,11H,6-9H2. The summed E-state index contributed by atoms with van der Waals surface area (Å²) in [7, 11) is 0. The fourth-order valence-electron chi connectivity index (χ4n) is 2.21. The van der Waals surface area contributed by atoms with Gasteiger partial charge in [0.1, 0.15) is 5.78 Å². The average molecular weight is 257 g/mol. The minimum atomic E-state index is -4.29. The summed E-state index contributed by atoms with van der Waals surface area (Å²) in [5.74, 6) is -1.86. The summed E-state index contributed by atoms with van der Waals surface area (Å²) in [6.45, 7) is 0.408. The van der Waals surface area contributed by atoms with Crippen LogP contribution < -0.4 is 0 Å². The van der Waals surface area contributed by atoms with Gasteiger partial charge in [0.05, 0.1) is 12.5 Å². The van der Waals surface area contributed by atoms with Crippen molar-refractivity contribution in [3.8, 4) is 0 Å². The van der Waals surface area contributed by atoms with Gasteiger partial charge < -0.3 is 0 Å². The second-order valence-electron chi connectivity index (χ2n) is 4.64. The highest BCUT2D eigenvalue weighted by atomic mass is 19.4. The maximum atomic E-state index is 12.6. The number of alkyl halides is 3. The van der Waals surface area contributed by atoms with Gasteiger partial charge in [0.15, 0.2) is 0 Å². The monoisotopic (exact) mass is 257 g/mol. The molecule has 0 saturated carbocycles. The Morgan fingerprint density at radius 3 is 2.50 bits per heavy atom. The van der Waals surface area contributed by atoms with E-state index in [1.54, 1.807) is 4.90 Å². The number of rotatable bonds is 2. The van der Waals surface area contributed by atoms with E-state index >= 15 is 0 Å². The number of carbonyl (C=O) groups excluding carboxylic acids is 1. The molecule has 1 aromatic carbocycles. The zero-order valence-corrected chi connectivity index (χ0v) is 9.78. The lowest BCUT2D eigenvalue weighted by Crippen LogP contribution is -2.45. The lowest BCUT2D eigenvalue weighted by molar-refractivity contribution is -0.188. The van der Waals surface area contributed by atoms with E-state index in [2.05, 4.69) is 0 Å². The van der Waals surface area contributed by atoms with Crippen LogP contribution in [0.4, 0.5) is 13.2 Å². The first-order chi connectivity index (χ1) is 8.45. The zero-order chi connectivity index (χ0) is 13.2. The summed E-state index contributed by atoms with van der Waals surface area (Å²) in [5.41, 5.74) is 0.924. The molecule has 1 saturated heterocycles. The fraction of sp³-hybridized carbons (Fsp3) is 0.462. The number of halogens is 3. The molecule has 1 aliphatic rings. The van der Waals surface area contributed by atoms with Crippen molar-refractivity contribution in [3.05, 3.63) is 35.9 Å². The Labute approximate surface area is 103 Å². The van der Waals surface area contributed by atoms with Gasteiger partial charge in [-0.15, -0.1) is 0 Å². The molecule has 0 amide bonds. The molecule has 0 aromatic heterocycles. The lowest BCUT2D eigenvalue weighted by atomic mass is 9.96. The van der Waals surface area contributed by atoms with E-state index in [1.807, 2.05) is 30.3 Å². The van der Waals surface area contributed by atoms with Gasteiger partial charge in [-0.1, -0.05) is 30.3 Å². The molecule has 1 heterocycles. The van der Waals surface area contributed by atoms with Crippen LogP contribution in [0.3, 0.4) is 0 Å². The molecule has 2 rings (SSSR count). The normalized spacial score (nSPS) is 22.2. The van der Waals surface area contributed by atoms with Gasteiger partial charge in [0.25, 0.3) is 0 Å². The van der Waals surface area contributed by atoms with Crippen molar-refractivity contribution < 1.29 is 18.0 Å². The van der Waals surface area contributed by atoms with Crippen LogP contribution in [0.2, 0.25) is 0 Å². The van der Waals surface area contributed by atoms with E-state index in [0.717, 1.165) is 5.56 Å².